The van der Waals surface area contributed by atoms with Gasteiger partial charge < -0.3 is 0 Å². The van der Waals surface area contributed by atoms with Gasteiger partial charge in [0.05, 0.1) is 11.4 Å². The predicted octanol–water partition coefficient (Wildman–Crippen LogP) is 1.85. The van der Waals surface area contributed by atoms with Gasteiger partial charge in [0.1, 0.15) is 4.90 Å². The fourth-order valence-electron chi connectivity index (χ4n) is 1.88. The van der Waals surface area contributed by atoms with Crippen LogP contribution in [0.5, 0.6) is 0 Å². The van der Waals surface area contributed by atoms with Gasteiger partial charge in [0.15, 0.2) is 5.82 Å². The molecule has 110 valence electrons. The number of rotatable bonds is 3. The Morgan fingerprint density at radius 2 is 1.80 bits per heavy atom. The molecule has 0 atom stereocenters. The SMILES string of the molecule is Cc1n[nH]c(C)c1S(=O)(=O)Nc1cc(C(C)(C)C)[nH]n1. The summed E-state index contributed by atoms with van der Waals surface area (Å²) in [6.07, 6.45) is 0. The minimum atomic E-state index is -3.69. The lowest BCUT2D eigenvalue weighted by Crippen LogP contribution is -2.15. The normalized spacial score (nSPS) is 12.7. The molecule has 0 aliphatic rings. The second-order valence-electron chi connectivity index (χ2n) is 5.79. The summed E-state index contributed by atoms with van der Waals surface area (Å²) >= 11 is 0. The lowest BCUT2D eigenvalue weighted by Gasteiger charge is -2.14. The molecule has 7 nitrogen and oxygen atoms in total. The summed E-state index contributed by atoms with van der Waals surface area (Å²) in [5.41, 5.74) is 1.66. The lowest BCUT2D eigenvalue weighted by molar-refractivity contribution is 0.567. The zero-order valence-electron chi connectivity index (χ0n) is 12.2. The molecule has 0 spiro atoms. The summed E-state index contributed by atoms with van der Waals surface area (Å²) in [4.78, 5) is 0.165. The molecule has 0 bridgehead atoms. The number of nitrogens with one attached hydrogen (secondary N) is 3. The standard InChI is InChI=1S/C12H19N5O2S/c1-7-11(8(2)14-13-7)20(18,19)17-10-6-9(15-16-10)12(3,4)5/h6H,1-5H3,(H,13,14)(H2,15,16,17). The van der Waals surface area contributed by atoms with Crippen molar-refractivity contribution >= 4 is 15.8 Å². The molecule has 0 saturated heterocycles. The molecule has 0 amide bonds. The van der Waals surface area contributed by atoms with Gasteiger partial charge in [-0.25, -0.2) is 8.42 Å². The van der Waals surface area contributed by atoms with Gasteiger partial charge >= 0.3 is 0 Å². The van der Waals surface area contributed by atoms with E-state index in [0.29, 0.717) is 11.4 Å². The zero-order valence-corrected chi connectivity index (χ0v) is 13.0. The van der Waals surface area contributed by atoms with Gasteiger partial charge in [-0.15, -0.1) is 0 Å². The van der Waals surface area contributed by atoms with Crippen LogP contribution in [0.2, 0.25) is 0 Å². The number of sulfonamides is 1. The molecule has 0 fully saturated rings. The number of aryl methyl sites for hydroxylation is 2. The third-order valence-electron chi connectivity index (χ3n) is 2.95. The third kappa shape index (κ3) is 2.69. The number of hydrogen-bond acceptors (Lipinski definition) is 4. The van der Waals surface area contributed by atoms with E-state index in [2.05, 4.69) is 25.1 Å². The molecule has 3 N–H and O–H groups in total. The van der Waals surface area contributed by atoms with Crippen molar-refractivity contribution in [3.8, 4) is 0 Å². The average molecular weight is 297 g/mol. The summed E-state index contributed by atoms with van der Waals surface area (Å²) in [6, 6.07) is 1.70. The molecule has 2 aromatic heterocycles. The fourth-order valence-corrected chi connectivity index (χ4v) is 3.25. The second-order valence-corrected chi connectivity index (χ2v) is 7.40. The Morgan fingerprint density at radius 3 is 2.25 bits per heavy atom. The maximum absolute atomic E-state index is 12.3. The molecular formula is C12H19N5O2S. The van der Waals surface area contributed by atoms with Crippen molar-refractivity contribution in [1.29, 1.82) is 0 Å². The zero-order chi connectivity index (χ0) is 15.1. The van der Waals surface area contributed by atoms with E-state index in [0.717, 1.165) is 5.69 Å². The molecule has 2 aromatic rings. The Labute approximate surface area is 118 Å². The summed E-state index contributed by atoms with van der Waals surface area (Å²) in [5, 5.41) is 13.4. The van der Waals surface area contributed by atoms with Crippen molar-refractivity contribution in [1.82, 2.24) is 20.4 Å². The Morgan fingerprint density at radius 1 is 1.15 bits per heavy atom. The van der Waals surface area contributed by atoms with E-state index >= 15 is 0 Å². The molecule has 8 heteroatoms. The number of nitrogens with zero attached hydrogens (tertiary/aromatic N) is 2. The molecule has 0 saturated carbocycles. The van der Waals surface area contributed by atoms with Gasteiger partial charge in [-0.2, -0.15) is 10.2 Å². The van der Waals surface area contributed by atoms with Crippen LogP contribution in [0.4, 0.5) is 5.82 Å². The average Bonchev–Trinajstić information content (AvgIpc) is 2.84. The van der Waals surface area contributed by atoms with E-state index in [1.54, 1.807) is 19.9 Å². The van der Waals surface area contributed by atoms with Crippen molar-refractivity contribution in [2.45, 2.75) is 44.9 Å². The molecule has 20 heavy (non-hydrogen) atoms. The summed E-state index contributed by atoms with van der Waals surface area (Å²) in [6.45, 7) is 9.36. The Balaban J connectivity index is 2.32. The van der Waals surface area contributed by atoms with Gasteiger partial charge in [-0.05, 0) is 13.8 Å². The highest BCUT2D eigenvalue weighted by Gasteiger charge is 2.24. The molecular weight excluding hydrogens is 278 g/mol. The predicted molar refractivity (Wildman–Crippen MR) is 76.2 cm³/mol. The Bertz CT molecular complexity index is 702. The van der Waals surface area contributed by atoms with Gasteiger partial charge in [0, 0.05) is 17.2 Å². The van der Waals surface area contributed by atoms with Crippen LogP contribution < -0.4 is 4.72 Å². The maximum Gasteiger partial charge on any atom is 0.266 e. The first-order valence-electron chi connectivity index (χ1n) is 6.21. The minimum Gasteiger partial charge on any atom is -0.281 e. The van der Waals surface area contributed by atoms with E-state index in [1.807, 2.05) is 20.8 Å². The van der Waals surface area contributed by atoms with Gasteiger partial charge in [0.25, 0.3) is 10.0 Å². The van der Waals surface area contributed by atoms with E-state index in [-0.39, 0.29) is 16.1 Å². The van der Waals surface area contributed by atoms with E-state index in [9.17, 15) is 8.42 Å². The highest BCUT2D eigenvalue weighted by atomic mass is 32.2. The van der Waals surface area contributed by atoms with Crippen LogP contribution in [0.15, 0.2) is 11.0 Å². The second kappa shape index (κ2) is 4.62. The first-order chi connectivity index (χ1) is 9.11. The van der Waals surface area contributed by atoms with Crippen LogP contribution in [0.25, 0.3) is 0 Å². The van der Waals surface area contributed by atoms with Crippen molar-refractivity contribution in [3.63, 3.8) is 0 Å². The van der Waals surface area contributed by atoms with Crippen LogP contribution in [0, 0.1) is 13.8 Å². The lowest BCUT2D eigenvalue weighted by atomic mass is 9.92. The smallest absolute Gasteiger partial charge is 0.266 e. The van der Waals surface area contributed by atoms with Crippen molar-refractivity contribution in [2.75, 3.05) is 4.72 Å². The Kier molecular flexibility index (Phi) is 3.37. The fraction of sp³-hybridized carbons (Fsp3) is 0.500. The summed E-state index contributed by atoms with van der Waals surface area (Å²) < 4.78 is 27.1. The maximum atomic E-state index is 12.3. The van der Waals surface area contributed by atoms with Crippen LogP contribution in [0.1, 0.15) is 37.9 Å². The minimum absolute atomic E-state index is 0.127. The van der Waals surface area contributed by atoms with Crippen LogP contribution in [-0.2, 0) is 15.4 Å². The molecule has 2 heterocycles. The Hall–Kier alpha value is -1.83. The van der Waals surface area contributed by atoms with Crippen LogP contribution in [-0.4, -0.2) is 28.8 Å². The van der Waals surface area contributed by atoms with Gasteiger partial charge in [-0.3, -0.25) is 14.9 Å². The summed E-state index contributed by atoms with van der Waals surface area (Å²) in [5.74, 6) is 0.273. The van der Waals surface area contributed by atoms with Crippen LogP contribution >= 0.6 is 0 Å². The molecule has 0 unspecified atom stereocenters. The number of anilines is 1. The largest absolute Gasteiger partial charge is 0.281 e. The van der Waals surface area contributed by atoms with Gasteiger partial charge in [-0.1, -0.05) is 20.8 Å². The van der Waals surface area contributed by atoms with E-state index < -0.39 is 10.0 Å². The number of H-pyrrole nitrogens is 2. The van der Waals surface area contributed by atoms with Crippen molar-refractivity contribution in [3.05, 3.63) is 23.1 Å². The highest BCUT2D eigenvalue weighted by molar-refractivity contribution is 7.92. The monoisotopic (exact) mass is 297 g/mol. The van der Waals surface area contributed by atoms with E-state index in [4.69, 9.17) is 0 Å². The number of hydrogen-bond donors (Lipinski definition) is 3. The van der Waals surface area contributed by atoms with Crippen molar-refractivity contribution in [2.24, 2.45) is 0 Å². The first kappa shape index (κ1) is 14.6. The molecule has 2 rings (SSSR count). The third-order valence-corrected chi connectivity index (χ3v) is 4.57. The van der Waals surface area contributed by atoms with Crippen molar-refractivity contribution < 1.29 is 8.42 Å². The van der Waals surface area contributed by atoms with E-state index in [1.165, 1.54) is 0 Å². The van der Waals surface area contributed by atoms with Crippen LogP contribution in [0.3, 0.4) is 0 Å². The molecule has 0 aliphatic heterocycles. The number of aromatic nitrogens is 4. The quantitative estimate of drug-likeness (QED) is 0.804. The topological polar surface area (TPSA) is 104 Å². The summed E-state index contributed by atoms with van der Waals surface area (Å²) in [7, 11) is -3.69. The first-order valence-corrected chi connectivity index (χ1v) is 7.70. The van der Waals surface area contributed by atoms with Gasteiger partial charge in [0.2, 0.25) is 0 Å². The molecule has 0 radical (unpaired) electrons. The highest BCUT2D eigenvalue weighted by Crippen LogP contribution is 2.24. The molecule has 0 aliphatic carbocycles. The number of aromatic amines is 2. The molecule has 0 aromatic carbocycles.